The van der Waals surface area contributed by atoms with Crippen molar-refractivity contribution in [2.75, 3.05) is 0 Å². The summed E-state index contributed by atoms with van der Waals surface area (Å²) in [6, 6.07) is 35.7. The van der Waals surface area contributed by atoms with Crippen molar-refractivity contribution >= 4 is 11.4 Å². The van der Waals surface area contributed by atoms with Crippen LogP contribution < -0.4 is 0 Å². The number of benzene rings is 4. The maximum absolute atomic E-state index is 12.2. The van der Waals surface area contributed by atoms with Gasteiger partial charge in [-0.05, 0) is 101 Å². The molecule has 328 valence electrons. The van der Waals surface area contributed by atoms with E-state index < -0.39 is 0 Å². The van der Waals surface area contributed by atoms with E-state index in [9.17, 15) is 5.53 Å². The summed E-state index contributed by atoms with van der Waals surface area (Å²) >= 11 is 0. The van der Waals surface area contributed by atoms with Crippen LogP contribution in [-0.2, 0) is 33.3 Å². The van der Waals surface area contributed by atoms with Gasteiger partial charge in [0.15, 0.2) is 0 Å². The van der Waals surface area contributed by atoms with Gasteiger partial charge in [0.1, 0.15) is 0 Å². The van der Waals surface area contributed by atoms with E-state index in [-0.39, 0.29) is 20.4 Å². The Labute approximate surface area is 382 Å². The molecule has 1 aliphatic heterocycles. The van der Waals surface area contributed by atoms with Gasteiger partial charge in [0.2, 0.25) is 11.4 Å². The van der Waals surface area contributed by atoms with Crippen molar-refractivity contribution in [2.24, 2.45) is 0 Å². The number of rotatable bonds is 23. The van der Waals surface area contributed by atoms with Crippen LogP contribution in [-0.4, -0.2) is 4.70 Å². The Morgan fingerprint density at radius 3 is 1.15 bits per heavy atom. The average molecular weight is 900 g/mol. The van der Waals surface area contributed by atoms with Crippen LogP contribution >= 0.6 is 0 Å². The number of unbranched alkanes of at least 4 members (excludes halogenated alkanes) is 13. The molecule has 0 radical (unpaired) electrons. The molecular formula is C57H80N2Pd. The van der Waals surface area contributed by atoms with Crippen molar-refractivity contribution in [3.8, 4) is 0 Å². The molecule has 0 aromatic heterocycles. The molecule has 3 heteroatoms. The van der Waals surface area contributed by atoms with Crippen LogP contribution in [0, 0.1) is 39.8 Å². The van der Waals surface area contributed by atoms with E-state index in [0.717, 1.165) is 61.9 Å². The predicted molar refractivity (Wildman–Crippen MR) is 258 cm³/mol. The molecule has 0 saturated carbocycles. The zero-order valence-electron chi connectivity index (χ0n) is 39.1. The Kier molecular flexibility index (Phi) is 27.7. The van der Waals surface area contributed by atoms with Crippen molar-refractivity contribution in [3.63, 3.8) is 0 Å². The molecule has 60 heavy (non-hydrogen) atoms. The maximum Gasteiger partial charge on any atom is 2.00 e. The third kappa shape index (κ3) is 19.6. The van der Waals surface area contributed by atoms with Crippen molar-refractivity contribution in [1.82, 2.24) is 0 Å². The molecule has 0 N–H and O–H groups in total. The fraction of sp³-hybridized carbons (Fsp3) is 0.509. The third-order valence-electron chi connectivity index (χ3n) is 11.4. The second-order valence-electron chi connectivity index (χ2n) is 17.1. The second-order valence-corrected chi connectivity index (χ2v) is 17.1. The van der Waals surface area contributed by atoms with Gasteiger partial charge in [0.05, 0.1) is 0 Å². The van der Waals surface area contributed by atoms with Crippen LogP contribution in [0.2, 0.25) is 0 Å². The minimum atomic E-state index is 0. The fourth-order valence-corrected chi connectivity index (χ4v) is 8.15. The molecule has 0 spiro atoms. The molecule has 4 aromatic rings. The van der Waals surface area contributed by atoms with Crippen LogP contribution in [0.4, 0.5) is 0 Å². The second kappa shape index (κ2) is 31.5. The van der Waals surface area contributed by atoms with E-state index in [1.807, 2.05) is 48.5 Å². The van der Waals surface area contributed by atoms with Crippen LogP contribution in [0.25, 0.3) is 16.9 Å². The standard InChI is InChI=1S/C43H66N2.2C7H7.Pd/c1-7-11-15-17-19-22-24-36-31-37(25-23-20-18-16-12-8-2)33-39(32-36)43-40(26-14-10-4)41(27-21-13-9-3)42(45(43)44)38-29-34(5)28-35(6)30-38;2*1-7-5-3-2-4-6-7;/h28-33H,7-27H2,1-6H3;2*3-6H,1H3;/q;2*-1;+2. The Balaban J connectivity index is 0.000000691. The third-order valence-corrected chi connectivity index (χ3v) is 11.4. The Morgan fingerprint density at radius 1 is 0.400 bits per heavy atom. The molecule has 0 aliphatic carbocycles. The van der Waals surface area contributed by atoms with Gasteiger partial charge < -0.3 is 5.53 Å². The van der Waals surface area contributed by atoms with Gasteiger partial charge in [0, 0.05) is 22.3 Å². The van der Waals surface area contributed by atoms with Gasteiger partial charge >= 0.3 is 20.4 Å². The van der Waals surface area contributed by atoms with Gasteiger partial charge in [-0.2, -0.15) is 71.8 Å². The molecule has 1 aliphatic rings. The van der Waals surface area contributed by atoms with Crippen LogP contribution in [0.15, 0.2) is 96.1 Å². The first-order valence-corrected chi connectivity index (χ1v) is 23.7. The summed E-state index contributed by atoms with van der Waals surface area (Å²) in [5.41, 5.74) is 27.4. The number of allylic oxidation sites excluding steroid dienone is 2. The summed E-state index contributed by atoms with van der Waals surface area (Å²) in [7, 11) is 0. The van der Waals surface area contributed by atoms with Crippen molar-refractivity contribution in [1.29, 1.82) is 0 Å². The van der Waals surface area contributed by atoms with Crippen LogP contribution in [0.3, 0.4) is 0 Å². The summed E-state index contributed by atoms with van der Waals surface area (Å²) in [6.07, 6.45) is 26.1. The first kappa shape index (κ1) is 52.8. The summed E-state index contributed by atoms with van der Waals surface area (Å²) < 4.78 is 1.61. The molecule has 0 fully saturated rings. The van der Waals surface area contributed by atoms with E-state index >= 15 is 0 Å². The molecule has 0 saturated heterocycles. The average Bonchev–Trinajstić information content (AvgIpc) is 3.50. The SMILES string of the molecule is CCCCCCCCc1cc(CCCCCCCC)cc(C2=C(CCCC)C(CCCCC)=C(c3cc(C)cc(C)c3)[N+]2=[N-])c1.Cc1cc[c-]cc1.Cc1cc[c-]cc1.[Pd+2]. The fourth-order valence-electron chi connectivity index (χ4n) is 8.15. The van der Waals surface area contributed by atoms with E-state index in [0.29, 0.717) is 0 Å². The number of hydrogen-bond acceptors (Lipinski definition) is 0. The van der Waals surface area contributed by atoms with E-state index in [2.05, 4.69) is 104 Å². The molecule has 0 unspecified atom stereocenters. The molecule has 5 rings (SSSR count). The normalized spacial score (nSPS) is 12.2. The largest absolute Gasteiger partial charge is 2.00 e. The summed E-state index contributed by atoms with van der Waals surface area (Å²) in [5, 5.41) is 0. The number of hydrogen-bond donors (Lipinski definition) is 0. The zero-order chi connectivity index (χ0) is 42.7. The smallest absolute Gasteiger partial charge is 0.493 e. The summed E-state index contributed by atoms with van der Waals surface area (Å²) in [6.45, 7) is 17.6. The molecule has 0 amide bonds. The minimum absolute atomic E-state index is 0. The van der Waals surface area contributed by atoms with Crippen LogP contribution in [0.5, 0.6) is 0 Å². The molecule has 1 heterocycles. The molecule has 0 bridgehead atoms. The van der Waals surface area contributed by atoms with Crippen LogP contribution in [0.1, 0.15) is 194 Å². The predicted octanol–water partition coefficient (Wildman–Crippen LogP) is 17.6. The topological polar surface area (TPSA) is 25.3 Å². The summed E-state index contributed by atoms with van der Waals surface area (Å²) in [5.74, 6) is 0. The van der Waals surface area contributed by atoms with E-state index in [1.165, 1.54) is 140 Å². The number of aryl methyl sites for hydroxylation is 6. The van der Waals surface area contributed by atoms with Gasteiger partial charge in [0.25, 0.3) is 0 Å². The van der Waals surface area contributed by atoms with Gasteiger partial charge in [-0.15, -0.1) is 0 Å². The molecule has 2 nitrogen and oxygen atoms in total. The Hall–Kier alpha value is -3.38. The first-order valence-electron chi connectivity index (χ1n) is 23.7. The Bertz CT molecular complexity index is 1740. The van der Waals surface area contributed by atoms with Crippen molar-refractivity contribution in [3.05, 3.63) is 158 Å². The van der Waals surface area contributed by atoms with Gasteiger partial charge in [-0.25, -0.2) is 4.70 Å². The zero-order valence-corrected chi connectivity index (χ0v) is 40.7. The molecule has 4 aromatic carbocycles. The Morgan fingerprint density at radius 2 is 0.750 bits per heavy atom. The number of nitrogens with zero attached hydrogens (tertiary/aromatic N) is 2. The van der Waals surface area contributed by atoms with E-state index in [1.54, 1.807) is 4.70 Å². The van der Waals surface area contributed by atoms with Gasteiger partial charge in [-0.3, -0.25) is 0 Å². The quantitative estimate of drug-likeness (QED) is 0.0307. The summed E-state index contributed by atoms with van der Waals surface area (Å²) in [4.78, 5) is 0. The monoisotopic (exact) mass is 899 g/mol. The van der Waals surface area contributed by atoms with Crippen molar-refractivity contribution in [2.45, 2.75) is 190 Å². The molecule has 0 atom stereocenters. The van der Waals surface area contributed by atoms with Crippen molar-refractivity contribution < 1.29 is 25.1 Å². The van der Waals surface area contributed by atoms with Gasteiger partial charge in [-0.1, -0.05) is 148 Å². The van der Waals surface area contributed by atoms with E-state index in [4.69, 9.17) is 0 Å². The first-order chi connectivity index (χ1) is 28.7. The maximum atomic E-state index is 12.2. The minimum Gasteiger partial charge on any atom is -0.493 e. The molecular weight excluding hydrogens is 819 g/mol.